The minimum Gasteiger partial charge on any atom is -0.345 e. The molecular weight excluding hydrogens is 292 g/mol. The molecule has 112 valence electrons. The third-order valence-electron chi connectivity index (χ3n) is 3.45. The van der Waals surface area contributed by atoms with Gasteiger partial charge in [0.2, 0.25) is 0 Å². The van der Waals surface area contributed by atoms with Crippen LogP contribution in [0.5, 0.6) is 0 Å². The van der Waals surface area contributed by atoms with Crippen LogP contribution in [0.15, 0.2) is 46.7 Å². The maximum atomic E-state index is 12.2. The number of carbonyl (C=O) groups excluding carboxylic acids is 1. The summed E-state index contributed by atoms with van der Waals surface area (Å²) in [5, 5.41) is 15.9. The molecule has 1 heterocycles. The highest BCUT2D eigenvalue weighted by Crippen LogP contribution is 2.16. The zero-order valence-electron chi connectivity index (χ0n) is 12.7. The van der Waals surface area contributed by atoms with Crippen molar-refractivity contribution < 1.29 is 4.79 Å². The fourth-order valence-corrected chi connectivity index (χ4v) is 2.69. The van der Waals surface area contributed by atoms with Crippen LogP contribution in [0.2, 0.25) is 0 Å². The van der Waals surface area contributed by atoms with Crippen LogP contribution in [-0.2, 0) is 11.2 Å². The lowest BCUT2D eigenvalue weighted by Gasteiger charge is -2.14. The van der Waals surface area contributed by atoms with Crippen LogP contribution in [-0.4, -0.2) is 5.91 Å². The molecule has 2 aromatic rings. The van der Waals surface area contributed by atoms with E-state index in [2.05, 4.69) is 24.4 Å². The highest BCUT2D eigenvalue weighted by atomic mass is 32.1. The van der Waals surface area contributed by atoms with Gasteiger partial charge in [0.1, 0.15) is 11.6 Å². The van der Waals surface area contributed by atoms with E-state index >= 15 is 0 Å². The number of rotatable bonds is 5. The van der Waals surface area contributed by atoms with Crippen LogP contribution in [0.25, 0.3) is 6.08 Å². The number of nitrogens with one attached hydrogen (secondary N) is 1. The van der Waals surface area contributed by atoms with Gasteiger partial charge < -0.3 is 5.32 Å². The lowest BCUT2D eigenvalue weighted by atomic mass is 10.0. The molecule has 1 aromatic carbocycles. The first-order valence-corrected chi connectivity index (χ1v) is 8.12. The molecule has 0 fully saturated rings. The number of amides is 1. The van der Waals surface area contributed by atoms with Crippen molar-refractivity contribution in [2.45, 2.75) is 26.3 Å². The van der Waals surface area contributed by atoms with E-state index in [-0.39, 0.29) is 17.5 Å². The summed E-state index contributed by atoms with van der Waals surface area (Å²) >= 11 is 1.53. The molecule has 0 aliphatic heterocycles. The Kier molecular flexibility index (Phi) is 5.51. The fraction of sp³-hybridized carbons (Fsp3) is 0.222. The molecule has 0 spiro atoms. The third-order valence-corrected chi connectivity index (χ3v) is 4.16. The van der Waals surface area contributed by atoms with Crippen LogP contribution in [0, 0.1) is 11.3 Å². The van der Waals surface area contributed by atoms with Gasteiger partial charge in [-0.25, -0.2) is 0 Å². The maximum absolute atomic E-state index is 12.2. The van der Waals surface area contributed by atoms with E-state index in [0.717, 1.165) is 17.5 Å². The summed E-state index contributed by atoms with van der Waals surface area (Å²) in [4.78, 5) is 12.2. The van der Waals surface area contributed by atoms with Gasteiger partial charge in [-0.2, -0.15) is 16.6 Å². The number of carbonyl (C=O) groups is 1. The molecule has 3 nitrogen and oxygen atoms in total. The first-order chi connectivity index (χ1) is 10.6. The Morgan fingerprint density at radius 2 is 2.09 bits per heavy atom. The molecule has 1 amide bonds. The summed E-state index contributed by atoms with van der Waals surface area (Å²) in [5.41, 5.74) is 3.28. The molecule has 0 bridgehead atoms. The summed E-state index contributed by atoms with van der Waals surface area (Å²) in [6.45, 7) is 4.02. The van der Waals surface area contributed by atoms with Gasteiger partial charge in [0.05, 0.1) is 6.04 Å². The molecule has 1 N–H and O–H groups in total. The van der Waals surface area contributed by atoms with Crippen molar-refractivity contribution in [2.24, 2.45) is 0 Å². The molecule has 0 saturated heterocycles. The van der Waals surface area contributed by atoms with Crippen molar-refractivity contribution in [2.75, 3.05) is 0 Å². The largest absolute Gasteiger partial charge is 0.345 e. The zero-order chi connectivity index (χ0) is 15.9. The summed E-state index contributed by atoms with van der Waals surface area (Å²) in [6.07, 6.45) is 2.60. The van der Waals surface area contributed by atoms with E-state index in [4.69, 9.17) is 0 Å². The van der Waals surface area contributed by atoms with E-state index in [0.29, 0.717) is 0 Å². The van der Waals surface area contributed by atoms with E-state index in [1.807, 2.05) is 42.0 Å². The first-order valence-electron chi connectivity index (χ1n) is 7.17. The summed E-state index contributed by atoms with van der Waals surface area (Å²) in [7, 11) is 0. The van der Waals surface area contributed by atoms with Gasteiger partial charge in [-0.3, -0.25) is 4.79 Å². The zero-order valence-corrected chi connectivity index (χ0v) is 13.5. The highest BCUT2D eigenvalue weighted by molar-refractivity contribution is 7.08. The van der Waals surface area contributed by atoms with Crippen LogP contribution in [0.4, 0.5) is 0 Å². The third kappa shape index (κ3) is 4.06. The lowest BCUT2D eigenvalue weighted by Crippen LogP contribution is -2.27. The molecular formula is C18H18N2OS. The number of hydrogen-bond donors (Lipinski definition) is 1. The topological polar surface area (TPSA) is 52.9 Å². The number of nitrogens with zero attached hydrogens (tertiary/aromatic N) is 1. The van der Waals surface area contributed by atoms with Gasteiger partial charge in [0.25, 0.3) is 5.91 Å². The minimum atomic E-state index is -0.347. The Hall–Kier alpha value is -2.38. The monoisotopic (exact) mass is 310 g/mol. The van der Waals surface area contributed by atoms with E-state index in [9.17, 15) is 10.1 Å². The predicted octanol–water partition coefficient (Wildman–Crippen LogP) is 4.09. The van der Waals surface area contributed by atoms with Crippen molar-refractivity contribution >= 4 is 23.3 Å². The Labute approximate surface area is 134 Å². The summed E-state index contributed by atoms with van der Waals surface area (Å²) in [5.74, 6) is -0.347. The predicted molar refractivity (Wildman–Crippen MR) is 90.3 cm³/mol. The molecule has 2 rings (SSSR count). The summed E-state index contributed by atoms with van der Waals surface area (Å²) in [6, 6.07) is 11.8. The molecule has 0 aliphatic rings. The number of nitriles is 1. The first kappa shape index (κ1) is 16.0. The lowest BCUT2D eigenvalue weighted by molar-refractivity contribution is -0.117. The normalized spacial score (nSPS) is 12.5. The Morgan fingerprint density at radius 3 is 2.64 bits per heavy atom. The van der Waals surface area contributed by atoms with Crippen LogP contribution >= 0.6 is 11.3 Å². The number of aryl methyl sites for hydroxylation is 1. The molecule has 1 aromatic heterocycles. The average Bonchev–Trinajstić information content (AvgIpc) is 3.05. The second-order valence-electron chi connectivity index (χ2n) is 5.02. The fourth-order valence-electron chi connectivity index (χ4n) is 2.07. The molecule has 0 saturated carbocycles. The number of hydrogen-bond acceptors (Lipinski definition) is 3. The Morgan fingerprint density at radius 1 is 1.36 bits per heavy atom. The second-order valence-corrected chi connectivity index (χ2v) is 5.80. The van der Waals surface area contributed by atoms with Crippen molar-refractivity contribution in [1.82, 2.24) is 5.32 Å². The minimum absolute atomic E-state index is 0.121. The second kappa shape index (κ2) is 7.58. The van der Waals surface area contributed by atoms with Gasteiger partial charge in [-0.15, -0.1) is 0 Å². The molecule has 22 heavy (non-hydrogen) atoms. The Balaban J connectivity index is 2.07. The van der Waals surface area contributed by atoms with Crippen LogP contribution in [0.3, 0.4) is 0 Å². The van der Waals surface area contributed by atoms with Gasteiger partial charge in [0.15, 0.2) is 0 Å². The van der Waals surface area contributed by atoms with Gasteiger partial charge in [-0.05, 0) is 52.9 Å². The molecule has 1 unspecified atom stereocenters. The van der Waals surface area contributed by atoms with Crippen LogP contribution in [0.1, 0.15) is 36.6 Å². The summed E-state index contributed by atoms with van der Waals surface area (Å²) < 4.78 is 0. The smallest absolute Gasteiger partial charge is 0.262 e. The molecule has 0 aliphatic carbocycles. The van der Waals surface area contributed by atoms with E-state index in [1.54, 1.807) is 6.08 Å². The number of benzene rings is 1. The van der Waals surface area contributed by atoms with Crippen LogP contribution < -0.4 is 5.32 Å². The van der Waals surface area contributed by atoms with Crippen molar-refractivity contribution in [1.29, 1.82) is 5.26 Å². The standard InChI is InChI=1S/C18H18N2OS/c1-3-14-4-6-16(7-5-14)13(2)20-18(21)17(11-19)10-15-8-9-22-12-15/h4-10,12-13H,3H2,1-2H3,(H,20,21)/b17-10+. The van der Waals surface area contributed by atoms with Gasteiger partial charge in [-0.1, -0.05) is 31.2 Å². The van der Waals surface area contributed by atoms with Gasteiger partial charge >= 0.3 is 0 Å². The number of thiophene rings is 1. The molecule has 4 heteroatoms. The van der Waals surface area contributed by atoms with E-state index in [1.165, 1.54) is 16.9 Å². The van der Waals surface area contributed by atoms with Gasteiger partial charge in [0, 0.05) is 0 Å². The Bertz CT molecular complexity index is 694. The molecule has 0 radical (unpaired) electrons. The van der Waals surface area contributed by atoms with Crippen molar-refractivity contribution in [3.05, 3.63) is 63.4 Å². The average molecular weight is 310 g/mol. The SMILES string of the molecule is CCc1ccc(C(C)NC(=O)/C(C#N)=C/c2ccsc2)cc1. The maximum Gasteiger partial charge on any atom is 0.262 e. The van der Waals surface area contributed by atoms with E-state index < -0.39 is 0 Å². The van der Waals surface area contributed by atoms with Crippen molar-refractivity contribution in [3.8, 4) is 6.07 Å². The molecule has 1 atom stereocenters. The van der Waals surface area contributed by atoms with Crippen molar-refractivity contribution in [3.63, 3.8) is 0 Å². The quantitative estimate of drug-likeness (QED) is 0.668. The highest BCUT2D eigenvalue weighted by Gasteiger charge is 2.13.